The van der Waals surface area contributed by atoms with Crippen LogP contribution in [0.2, 0.25) is 0 Å². The maximum atomic E-state index is 10.5. The maximum absolute atomic E-state index is 10.5. The molecule has 0 amide bonds. The zero-order valence-electron chi connectivity index (χ0n) is 6.38. The van der Waals surface area contributed by atoms with Gasteiger partial charge in [-0.15, -0.1) is 12.4 Å². The Hall–Kier alpha value is -0.280. The SMILES string of the molecule is Cl.O=C(O)[C@H]1CCCCNC1. The van der Waals surface area contributed by atoms with Crippen molar-refractivity contribution in [2.75, 3.05) is 13.1 Å². The van der Waals surface area contributed by atoms with Gasteiger partial charge in [0.1, 0.15) is 0 Å². The van der Waals surface area contributed by atoms with E-state index in [0.717, 1.165) is 25.8 Å². The summed E-state index contributed by atoms with van der Waals surface area (Å²) in [6.07, 6.45) is 3.00. The van der Waals surface area contributed by atoms with Crippen molar-refractivity contribution >= 4 is 18.4 Å². The van der Waals surface area contributed by atoms with Gasteiger partial charge in [-0.2, -0.15) is 0 Å². The molecule has 4 heteroatoms. The number of hydrogen-bond acceptors (Lipinski definition) is 2. The van der Waals surface area contributed by atoms with Gasteiger partial charge < -0.3 is 10.4 Å². The number of halogens is 1. The zero-order chi connectivity index (χ0) is 7.40. The van der Waals surface area contributed by atoms with Crippen LogP contribution in [0.4, 0.5) is 0 Å². The first kappa shape index (κ1) is 10.7. The lowest BCUT2D eigenvalue weighted by Gasteiger charge is -2.06. The molecule has 66 valence electrons. The molecule has 1 rings (SSSR count). The van der Waals surface area contributed by atoms with Gasteiger partial charge in [0, 0.05) is 6.54 Å². The van der Waals surface area contributed by atoms with Crippen molar-refractivity contribution in [3.05, 3.63) is 0 Å². The minimum atomic E-state index is -0.658. The Morgan fingerprint density at radius 1 is 1.45 bits per heavy atom. The summed E-state index contributed by atoms with van der Waals surface area (Å²) in [5, 5.41) is 11.7. The van der Waals surface area contributed by atoms with Crippen LogP contribution < -0.4 is 5.32 Å². The second-order valence-corrected chi connectivity index (χ2v) is 2.74. The van der Waals surface area contributed by atoms with Crippen molar-refractivity contribution in [2.24, 2.45) is 5.92 Å². The van der Waals surface area contributed by atoms with Crippen molar-refractivity contribution in [3.8, 4) is 0 Å². The van der Waals surface area contributed by atoms with E-state index in [1.165, 1.54) is 0 Å². The minimum Gasteiger partial charge on any atom is -0.481 e. The van der Waals surface area contributed by atoms with Gasteiger partial charge in [0.15, 0.2) is 0 Å². The summed E-state index contributed by atoms with van der Waals surface area (Å²) < 4.78 is 0. The summed E-state index contributed by atoms with van der Waals surface area (Å²) in [5.41, 5.74) is 0. The van der Waals surface area contributed by atoms with Crippen LogP contribution >= 0.6 is 12.4 Å². The van der Waals surface area contributed by atoms with Crippen LogP contribution in [0.15, 0.2) is 0 Å². The second-order valence-electron chi connectivity index (χ2n) is 2.74. The fraction of sp³-hybridized carbons (Fsp3) is 0.857. The maximum Gasteiger partial charge on any atom is 0.307 e. The molecule has 0 aromatic carbocycles. The van der Waals surface area contributed by atoms with Crippen molar-refractivity contribution in [1.82, 2.24) is 5.32 Å². The van der Waals surface area contributed by atoms with Crippen LogP contribution in [0.3, 0.4) is 0 Å². The molecule has 0 aliphatic carbocycles. The van der Waals surface area contributed by atoms with E-state index in [-0.39, 0.29) is 18.3 Å². The van der Waals surface area contributed by atoms with Crippen LogP contribution in [-0.2, 0) is 4.79 Å². The highest BCUT2D eigenvalue weighted by Gasteiger charge is 2.17. The molecule has 0 aromatic rings. The fourth-order valence-corrected chi connectivity index (χ4v) is 1.23. The van der Waals surface area contributed by atoms with Crippen molar-refractivity contribution < 1.29 is 9.90 Å². The fourth-order valence-electron chi connectivity index (χ4n) is 1.23. The largest absolute Gasteiger partial charge is 0.481 e. The number of carboxylic acids is 1. The van der Waals surface area contributed by atoms with Gasteiger partial charge in [-0.25, -0.2) is 0 Å². The van der Waals surface area contributed by atoms with Crippen LogP contribution in [0.25, 0.3) is 0 Å². The number of rotatable bonds is 1. The summed E-state index contributed by atoms with van der Waals surface area (Å²) in [6.45, 7) is 1.62. The topological polar surface area (TPSA) is 49.3 Å². The molecule has 1 fully saturated rings. The molecule has 0 aromatic heterocycles. The Labute approximate surface area is 72.6 Å². The quantitative estimate of drug-likeness (QED) is 0.629. The lowest BCUT2D eigenvalue weighted by molar-refractivity contribution is -0.141. The molecule has 0 saturated carbocycles. The van der Waals surface area contributed by atoms with E-state index >= 15 is 0 Å². The Morgan fingerprint density at radius 3 is 2.82 bits per heavy atom. The minimum absolute atomic E-state index is 0. The Balaban J connectivity index is 0.000001000. The number of aliphatic carboxylic acids is 1. The predicted molar refractivity (Wildman–Crippen MR) is 45.1 cm³/mol. The molecule has 1 aliphatic heterocycles. The highest BCUT2D eigenvalue weighted by molar-refractivity contribution is 5.85. The monoisotopic (exact) mass is 179 g/mol. The summed E-state index contributed by atoms with van der Waals surface area (Å²) in [4.78, 5) is 10.5. The van der Waals surface area contributed by atoms with Crippen LogP contribution in [0, 0.1) is 5.92 Å². The Bertz CT molecular complexity index is 122. The third kappa shape index (κ3) is 3.58. The molecule has 3 nitrogen and oxygen atoms in total. The molecule has 1 saturated heterocycles. The van der Waals surface area contributed by atoms with Gasteiger partial charge in [-0.05, 0) is 19.4 Å². The average Bonchev–Trinajstić information content (AvgIpc) is 2.12. The first-order chi connectivity index (χ1) is 4.80. The van der Waals surface area contributed by atoms with E-state index in [2.05, 4.69) is 5.32 Å². The lowest BCUT2D eigenvalue weighted by atomic mass is 10.0. The lowest BCUT2D eigenvalue weighted by Crippen LogP contribution is -2.26. The average molecular weight is 180 g/mol. The second kappa shape index (κ2) is 5.38. The van der Waals surface area contributed by atoms with Crippen molar-refractivity contribution in [3.63, 3.8) is 0 Å². The molecule has 0 spiro atoms. The molecule has 2 N–H and O–H groups in total. The van der Waals surface area contributed by atoms with Crippen molar-refractivity contribution in [1.29, 1.82) is 0 Å². The van der Waals surface area contributed by atoms with Gasteiger partial charge in [-0.1, -0.05) is 6.42 Å². The molecule has 11 heavy (non-hydrogen) atoms. The molecular formula is C7H14ClNO2. The smallest absolute Gasteiger partial charge is 0.307 e. The standard InChI is InChI=1S/C7H13NO2.ClH/c9-7(10)6-3-1-2-4-8-5-6;/h6,8H,1-5H2,(H,9,10);1H/t6-;/m0./s1. The number of carbonyl (C=O) groups is 1. The third-order valence-corrected chi connectivity index (χ3v) is 1.90. The Morgan fingerprint density at radius 2 is 2.18 bits per heavy atom. The van der Waals surface area contributed by atoms with Crippen LogP contribution in [-0.4, -0.2) is 24.2 Å². The van der Waals surface area contributed by atoms with E-state index in [9.17, 15) is 4.79 Å². The first-order valence-corrected chi connectivity index (χ1v) is 3.74. The zero-order valence-corrected chi connectivity index (χ0v) is 7.19. The first-order valence-electron chi connectivity index (χ1n) is 3.74. The molecule has 1 heterocycles. The van der Waals surface area contributed by atoms with Gasteiger partial charge in [-0.3, -0.25) is 4.79 Å². The van der Waals surface area contributed by atoms with Gasteiger partial charge in [0.05, 0.1) is 5.92 Å². The van der Waals surface area contributed by atoms with Crippen LogP contribution in [0.1, 0.15) is 19.3 Å². The van der Waals surface area contributed by atoms with E-state index in [4.69, 9.17) is 5.11 Å². The Kier molecular flexibility index (Phi) is 5.24. The molecule has 0 unspecified atom stereocenters. The van der Waals surface area contributed by atoms with Crippen molar-refractivity contribution in [2.45, 2.75) is 19.3 Å². The van der Waals surface area contributed by atoms with Gasteiger partial charge in [0.25, 0.3) is 0 Å². The highest BCUT2D eigenvalue weighted by Crippen LogP contribution is 2.10. The highest BCUT2D eigenvalue weighted by atomic mass is 35.5. The van der Waals surface area contributed by atoms with E-state index in [0.29, 0.717) is 6.54 Å². The van der Waals surface area contributed by atoms with Gasteiger partial charge in [0.2, 0.25) is 0 Å². The van der Waals surface area contributed by atoms with Crippen LogP contribution in [0.5, 0.6) is 0 Å². The molecule has 0 radical (unpaired) electrons. The number of hydrogen-bond donors (Lipinski definition) is 2. The molecule has 1 atom stereocenters. The summed E-state index contributed by atoms with van der Waals surface area (Å²) >= 11 is 0. The van der Waals surface area contributed by atoms with E-state index in [1.807, 2.05) is 0 Å². The molecule has 0 bridgehead atoms. The predicted octanol–water partition coefficient (Wildman–Crippen LogP) is 0.882. The van der Waals surface area contributed by atoms with E-state index in [1.54, 1.807) is 0 Å². The number of nitrogens with one attached hydrogen (secondary N) is 1. The van der Waals surface area contributed by atoms with Gasteiger partial charge >= 0.3 is 5.97 Å². The normalized spacial score (nSPS) is 24.9. The molecule has 1 aliphatic rings. The summed E-state index contributed by atoms with van der Waals surface area (Å²) in [7, 11) is 0. The third-order valence-electron chi connectivity index (χ3n) is 1.90. The summed E-state index contributed by atoms with van der Waals surface area (Å²) in [6, 6.07) is 0. The van der Waals surface area contributed by atoms with E-state index < -0.39 is 5.97 Å². The number of carboxylic acid groups (broad SMARTS) is 1. The molecular weight excluding hydrogens is 166 g/mol. The summed E-state index contributed by atoms with van der Waals surface area (Å²) in [5.74, 6) is -0.808.